The zero-order valence-corrected chi connectivity index (χ0v) is 9.66. The van der Waals surface area contributed by atoms with Gasteiger partial charge < -0.3 is 10.1 Å². The van der Waals surface area contributed by atoms with Crippen LogP contribution in [0.2, 0.25) is 0 Å². The summed E-state index contributed by atoms with van der Waals surface area (Å²) in [7, 11) is 0. The molecule has 0 fully saturated rings. The molecule has 1 N–H and O–H groups in total. The lowest BCUT2D eigenvalue weighted by atomic mass is 10.3. The third kappa shape index (κ3) is 3.53. The van der Waals surface area contributed by atoms with Gasteiger partial charge in [-0.2, -0.15) is 0 Å². The number of benzene rings is 1. The maximum atomic E-state index is 13.2. The van der Waals surface area contributed by atoms with Gasteiger partial charge in [0, 0.05) is 6.04 Å². The molecule has 0 saturated heterocycles. The maximum absolute atomic E-state index is 13.2. The second-order valence-electron chi connectivity index (χ2n) is 3.85. The van der Waals surface area contributed by atoms with Crippen molar-refractivity contribution in [2.75, 3.05) is 0 Å². The molecule has 0 bridgehead atoms. The van der Waals surface area contributed by atoms with Crippen molar-refractivity contribution in [3.8, 4) is 5.75 Å². The normalized spacial score (nSPS) is 12.3. The van der Waals surface area contributed by atoms with E-state index in [2.05, 4.69) is 5.32 Å². The molecule has 1 aromatic carbocycles. The SMILES string of the molecule is CC(C)NC(=O)C(C)Oc1ccccc1F. The van der Waals surface area contributed by atoms with Gasteiger partial charge in [-0.3, -0.25) is 4.79 Å². The summed E-state index contributed by atoms with van der Waals surface area (Å²) >= 11 is 0. The number of amides is 1. The molecule has 0 aromatic heterocycles. The number of ether oxygens (including phenoxy) is 1. The zero-order chi connectivity index (χ0) is 12.1. The predicted molar refractivity (Wildman–Crippen MR) is 59.8 cm³/mol. The van der Waals surface area contributed by atoms with Crippen molar-refractivity contribution in [2.24, 2.45) is 0 Å². The van der Waals surface area contributed by atoms with Gasteiger partial charge in [-0.1, -0.05) is 12.1 Å². The lowest BCUT2D eigenvalue weighted by Crippen LogP contribution is -2.40. The summed E-state index contributed by atoms with van der Waals surface area (Å²) in [6.45, 7) is 5.30. The summed E-state index contributed by atoms with van der Waals surface area (Å²) in [6.07, 6.45) is -0.709. The topological polar surface area (TPSA) is 38.3 Å². The Morgan fingerprint density at radius 3 is 2.50 bits per heavy atom. The van der Waals surface area contributed by atoms with E-state index in [4.69, 9.17) is 4.74 Å². The van der Waals surface area contributed by atoms with Crippen molar-refractivity contribution in [3.63, 3.8) is 0 Å². The van der Waals surface area contributed by atoms with E-state index in [9.17, 15) is 9.18 Å². The van der Waals surface area contributed by atoms with Gasteiger partial charge in [0.25, 0.3) is 5.91 Å². The Hall–Kier alpha value is -1.58. The van der Waals surface area contributed by atoms with Gasteiger partial charge in [0.2, 0.25) is 0 Å². The summed E-state index contributed by atoms with van der Waals surface area (Å²) in [5, 5.41) is 2.70. The molecule has 88 valence electrons. The minimum atomic E-state index is -0.709. The number of para-hydroxylation sites is 1. The van der Waals surface area contributed by atoms with Crippen LogP contribution in [0.25, 0.3) is 0 Å². The second kappa shape index (κ2) is 5.49. The standard InChI is InChI=1S/C12H16FNO2/c1-8(2)14-12(15)9(3)16-11-7-5-4-6-10(11)13/h4-9H,1-3H3,(H,14,15). The first-order chi connectivity index (χ1) is 7.50. The van der Waals surface area contributed by atoms with E-state index in [1.165, 1.54) is 12.1 Å². The van der Waals surface area contributed by atoms with Crippen molar-refractivity contribution >= 4 is 5.91 Å². The quantitative estimate of drug-likeness (QED) is 0.852. The molecule has 3 nitrogen and oxygen atoms in total. The first-order valence-corrected chi connectivity index (χ1v) is 5.22. The van der Waals surface area contributed by atoms with Gasteiger partial charge in [-0.25, -0.2) is 4.39 Å². The molecular weight excluding hydrogens is 209 g/mol. The van der Waals surface area contributed by atoms with Crippen LogP contribution in [0.3, 0.4) is 0 Å². The van der Waals surface area contributed by atoms with Crippen molar-refractivity contribution in [1.82, 2.24) is 5.32 Å². The van der Waals surface area contributed by atoms with E-state index >= 15 is 0 Å². The molecule has 4 heteroatoms. The minimum absolute atomic E-state index is 0.0409. The van der Waals surface area contributed by atoms with E-state index < -0.39 is 11.9 Å². The molecule has 0 radical (unpaired) electrons. The number of rotatable bonds is 4. The average Bonchev–Trinajstić information content (AvgIpc) is 2.20. The molecule has 1 rings (SSSR count). The van der Waals surface area contributed by atoms with E-state index in [-0.39, 0.29) is 17.7 Å². The summed E-state index contributed by atoms with van der Waals surface area (Å²) in [5.41, 5.74) is 0. The van der Waals surface area contributed by atoms with Crippen molar-refractivity contribution < 1.29 is 13.9 Å². The summed E-state index contributed by atoms with van der Waals surface area (Å²) in [5.74, 6) is -0.626. The van der Waals surface area contributed by atoms with Crippen LogP contribution in [-0.2, 0) is 4.79 Å². The molecular formula is C12H16FNO2. The van der Waals surface area contributed by atoms with Crippen molar-refractivity contribution in [1.29, 1.82) is 0 Å². The van der Waals surface area contributed by atoms with Crippen LogP contribution in [-0.4, -0.2) is 18.1 Å². The highest BCUT2D eigenvalue weighted by Crippen LogP contribution is 2.16. The zero-order valence-electron chi connectivity index (χ0n) is 9.66. The Morgan fingerprint density at radius 2 is 1.94 bits per heavy atom. The number of halogens is 1. The van der Waals surface area contributed by atoms with Crippen LogP contribution in [0.15, 0.2) is 24.3 Å². The Kier molecular flexibility index (Phi) is 4.28. The molecule has 16 heavy (non-hydrogen) atoms. The third-order valence-corrected chi connectivity index (χ3v) is 1.94. The van der Waals surface area contributed by atoms with Crippen LogP contribution in [0.5, 0.6) is 5.75 Å². The van der Waals surface area contributed by atoms with Crippen LogP contribution >= 0.6 is 0 Å². The fraction of sp³-hybridized carbons (Fsp3) is 0.417. The van der Waals surface area contributed by atoms with Gasteiger partial charge in [0.05, 0.1) is 0 Å². The van der Waals surface area contributed by atoms with E-state index in [0.29, 0.717) is 0 Å². The Morgan fingerprint density at radius 1 is 1.31 bits per heavy atom. The smallest absolute Gasteiger partial charge is 0.260 e. The van der Waals surface area contributed by atoms with Crippen LogP contribution in [0.1, 0.15) is 20.8 Å². The Balaban J connectivity index is 2.61. The number of carbonyl (C=O) groups excluding carboxylic acids is 1. The Labute approximate surface area is 94.6 Å². The van der Waals surface area contributed by atoms with E-state index in [0.717, 1.165) is 0 Å². The minimum Gasteiger partial charge on any atom is -0.478 e. The largest absolute Gasteiger partial charge is 0.478 e. The first kappa shape index (κ1) is 12.5. The molecule has 0 aliphatic carbocycles. The molecule has 0 spiro atoms. The highest BCUT2D eigenvalue weighted by Gasteiger charge is 2.16. The molecule has 0 aliphatic rings. The lowest BCUT2D eigenvalue weighted by Gasteiger charge is -2.16. The molecule has 1 amide bonds. The highest BCUT2D eigenvalue weighted by atomic mass is 19.1. The number of nitrogens with one attached hydrogen (secondary N) is 1. The third-order valence-electron chi connectivity index (χ3n) is 1.94. The molecule has 0 saturated carbocycles. The molecule has 0 aliphatic heterocycles. The fourth-order valence-corrected chi connectivity index (χ4v) is 1.19. The fourth-order valence-electron chi connectivity index (χ4n) is 1.19. The summed E-state index contributed by atoms with van der Waals surface area (Å²) in [6, 6.07) is 6.06. The van der Waals surface area contributed by atoms with Gasteiger partial charge in [0.15, 0.2) is 17.7 Å². The van der Waals surface area contributed by atoms with Crippen LogP contribution in [0, 0.1) is 5.82 Å². The Bertz CT molecular complexity index is 366. The van der Waals surface area contributed by atoms with Gasteiger partial charge in [0.1, 0.15) is 0 Å². The van der Waals surface area contributed by atoms with Gasteiger partial charge >= 0.3 is 0 Å². The number of hydrogen-bond acceptors (Lipinski definition) is 2. The number of carbonyl (C=O) groups is 1. The molecule has 1 atom stereocenters. The first-order valence-electron chi connectivity index (χ1n) is 5.22. The van der Waals surface area contributed by atoms with E-state index in [1.54, 1.807) is 19.1 Å². The maximum Gasteiger partial charge on any atom is 0.260 e. The van der Waals surface area contributed by atoms with Gasteiger partial charge in [-0.15, -0.1) is 0 Å². The highest BCUT2D eigenvalue weighted by molar-refractivity contribution is 5.80. The summed E-state index contributed by atoms with van der Waals surface area (Å²) < 4.78 is 18.4. The average molecular weight is 225 g/mol. The van der Waals surface area contributed by atoms with Crippen LogP contribution < -0.4 is 10.1 Å². The number of hydrogen-bond donors (Lipinski definition) is 1. The molecule has 1 unspecified atom stereocenters. The van der Waals surface area contributed by atoms with Crippen molar-refractivity contribution in [2.45, 2.75) is 32.9 Å². The lowest BCUT2D eigenvalue weighted by molar-refractivity contribution is -0.127. The molecule has 1 aromatic rings. The monoisotopic (exact) mass is 225 g/mol. The van der Waals surface area contributed by atoms with E-state index in [1.807, 2.05) is 13.8 Å². The van der Waals surface area contributed by atoms with Crippen LogP contribution in [0.4, 0.5) is 4.39 Å². The second-order valence-corrected chi connectivity index (χ2v) is 3.85. The van der Waals surface area contributed by atoms with Crippen molar-refractivity contribution in [3.05, 3.63) is 30.1 Å². The molecule has 0 heterocycles. The predicted octanol–water partition coefficient (Wildman–Crippen LogP) is 2.12. The van der Waals surface area contributed by atoms with Gasteiger partial charge in [-0.05, 0) is 32.9 Å². The summed E-state index contributed by atoms with van der Waals surface area (Å²) in [4.78, 5) is 11.5.